The third-order valence-corrected chi connectivity index (χ3v) is 4.02. The van der Waals surface area contributed by atoms with E-state index in [1.54, 1.807) is 11.0 Å². The molecule has 24 heavy (non-hydrogen) atoms. The van der Waals surface area contributed by atoms with Gasteiger partial charge in [-0.25, -0.2) is 9.67 Å². The first kappa shape index (κ1) is 14.7. The maximum atomic E-state index is 9.47. The summed E-state index contributed by atoms with van der Waals surface area (Å²) in [5.41, 5.74) is 1.98. The minimum atomic E-state index is -0.240. The fourth-order valence-corrected chi connectivity index (χ4v) is 2.87. The van der Waals surface area contributed by atoms with Crippen molar-refractivity contribution in [2.75, 3.05) is 18.1 Å². The highest BCUT2D eigenvalue weighted by Gasteiger charge is 2.25. The third kappa shape index (κ3) is 2.83. The second-order valence-corrected chi connectivity index (χ2v) is 5.71. The number of aliphatic hydroxyl groups is 1. The van der Waals surface area contributed by atoms with E-state index < -0.39 is 0 Å². The first-order valence-electron chi connectivity index (χ1n) is 7.91. The Balaban J connectivity index is 1.58. The summed E-state index contributed by atoms with van der Waals surface area (Å²) in [6.07, 6.45) is 1.48. The van der Waals surface area contributed by atoms with Crippen LogP contribution >= 0.6 is 0 Å². The number of hydrogen-bond acceptors (Lipinski definition) is 5. The van der Waals surface area contributed by atoms with Crippen LogP contribution in [0.4, 0.5) is 5.69 Å². The first-order chi connectivity index (χ1) is 11.8. The lowest BCUT2D eigenvalue weighted by atomic mass is 10.2. The quantitative estimate of drug-likeness (QED) is 0.796. The molecule has 6 nitrogen and oxygen atoms in total. The van der Waals surface area contributed by atoms with Gasteiger partial charge in [0.25, 0.3) is 0 Å². The Morgan fingerprint density at radius 2 is 1.88 bits per heavy atom. The van der Waals surface area contributed by atoms with Crippen molar-refractivity contribution in [2.24, 2.45) is 0 Å². The van der Waals surface area contributed by atoms with Crippen molar-refractivity contribution in [1.29, 1.82) is 0 Å². The normalized spacial score (nSPS) is 16.5. The van der Waals surface area contributed by atoms with E-state index in [1.165, 1.54) is 0 Å². The molecule has 1 aliphatic heterocycles. The molecule has 0 saturated heterocycles. The zero-order valence-corrected chi connectivity index (χ0v) is 13.1. The average Bonchev–Trinajstić information content (AvgIpc) is 3.11. The molecule has 6 heteroatoms. The Bertz CT molecular complexity index is 819. The van der Waals surface area contributed by atoms with E-state index in [2.05, 4.69) is 15.0 Å². The lowest BCUT2D eigenvalue weighted by Crippen LogP contribution is -2.41. The highest BCUT2D eigenvalue weighted by molar-refractivity contribution is 5.60. The highest BCUT2D eigenvalue weighted by Crippen LogP contribution is 2.33. The van der Waals surface area contributed by atoms with Crippen LogP contribution in [0.25, 0.3) is 5.69 Å². The SMILES string of the molecule is OC[C@H]1CN(Cc2ncn(-c3ccccc3)n2)c2ccccc2O1. The monoisotopic (exact) mass is 322 g/mol. The number of benzene rings is 2. The maximum Gasteiger partial charge on any atom is 0.170 e. The minimum Gasteiger partial charge on any atom is -0.484 e. The fraction of sp³-hybridized carbons (Fsp3) is 0.222. The van der Waals surface area contributed by atoms with Gasteiger partial charge in [-0.2, -0.15) is 0 Å². The van der Waals surface area contributed by atoms with Crippen LogP contribution in [0.5, 0.6) is 5.75 Å². The molecule has 0 bridgehead atoms. The molecule has 1 aromatic heterocycles. The van der Waals surface area contributed by atoms with Gasteiger partial charge < -0.3 is 14.7 Å². The largest absolute Gasteiger partial charge is 0.484 e. The van der Waals surface area contributed by atoms with Crippen molar-refractivity contribution in [1.82, 2.24) is 14.8 Å². The molecule has 0 saturated carbocycles. The van der Waals surface area contributed by atoms with Gasteiger partial charge in [0.2, 0.25) is 0 Å². The topological polar surface area (TPSA) is 63.4 Å². The van der Waals surface area contributed by atoms with Crippen LogP contribution in [0.1, 0.15) is 5.82 Å². The van der Waals surface area contributed by atoms with Crippen molar-refractivity contribution in [3.63, 3.8) is 0 Å². The molecule has 0 aliphatic carbocycles. The predicted molar refractivity (Wildman–Crippen MR) is 90.4 cm³/mol. The molecule has 1 N–H and O–H groups in total. The highest BCUT2D eigenvalue weighted by atomic mass is 16.5. The van der Waals surface area contributed by atoms with E-state index in [1.807, 2.05) is 54.6 Å². The molecular weight excluding hydrogens is 304 g/mol. The molecule has 1 atom stereocenters. The predicted octanol–water partition coefficient (Wildman–Crippen LogP) is 2.03. The number of ether oxygens (including phenoxy) is 1. The number of hydrogen-bond donors (Lipinski definition) is 1. The van der Waals surface area contributed by atoms with Crippen LogP contribution < -0.4 is 9.64 Å². The molecule has 0 radical (unpaired) electrons. The van der Waals surface area contributed by atoms with Crippen LogP contribution in [-0.2, 0) is 6.54 Å². The van der Waals surface area contributed by atoms with Crippen molar-refractivity contribution in [2.45, 2.75) is 12.6 Å². The summed E-state index contributed by atoms with van der Waals surface area (Å²) in [5.74, 6) is 1.51. The summed E-state index contributed by atoms with van der Waals surface area (Å²) in [7, 11) is 0. The van der Waals surface area contributed by atoms with Gasteiger partial charge in [-0.15, -0.1) is 5.10 Å². The number of para-hydroxylation sites is 3. The van der Waals surface area contributed by atoms with Gasteiger partial charge in [0.1, 0.15) is 18.2 Å². The lowest BCUT2D eigenvalue weighted by molar-refractivity contribution is 0.112. The molecule has 0 spiro atoms. The number of rotatable bonds is 4. The zero-order chi connectivity index (χ0) is 16.4. The van der Waals surface area contributed by atoms with Crippen LogP contribution in [0.2, 0.25) is 0 Å². The number of anilines is 1. The van der Waals surface area contributed by atoms with Gasteiger partial charge in [-0.05, 0) is 24.3 Å². The lowest BCUT2D eigenvalue weighted by Gasteiger charge is -2.34. The summed E-state index contributed by atoms with van der Waals surface area (Å²) in [6.45, 7) is 1.15. The average molecular weight is 322 g/mol. The van der Waals surface area contributed by atoms with E-state index in [0.717, 1.165) is 22.9 Å². The Hall–Kier alpha value is -2.86. The summed E-state index contributed by atoms with van der Waals surface area (Å²) in [5, 5.41) is 14.0. The van der Waals surface area contributed by atoms with Crippen LogP contribution in [0.3, 0.4) is 0 Å². The summed E-state index contributed by atoms with van der Waals surface area (Å²) in [6, 6.07) is 17.7. The van der Waals surface area contributed by atoms with Crippen LogP contribution in [0, 0.1) is 0 Å². The van der Waals surface area contributed by atoms with Crippen LogP contribution in [-0.4, -0.2) is 39.1 Å². The Labute approximate surface area is 139 Å². The summed E-state index contributed by atoms with van der Waals surface area (Å²) < 4.78 is 7.55. The standard InChI is InChI=1S/C18H18N4O2/c23-12-15-10-21(16-8-4-5-9-17(16)24-15)11-18-19-13-22(20-18)14-6-2-1-3-7-14/h1-9,13,15,23H,10-12H2/t15-/m1/s1. The molecule has 0 amide bonds. The van der Waals surface area contributed by atoms with E-state index >= 15 is 0 Å². The van der Waals surface area contributed by atoms with Gasteiger partial charge in [0.05, 0.1) is 31.1 Å². The van der Waals surface area contributed by atoms with Crippen molar-refractivity contribution < 1.29 is 9.84 Å². The molecular formula is C18H18N4O2. The molecule has 4 rings (SSSR count). The summed E-state index contributed by atoms with van der Waals surface area (Å²) in [4.78, 5) is 6.56. The number of aromatic nitrogens is 3. The Morgan fingerprint density at radius 1 is 1.08 bits per heavy atom. The van der Waals surface area contributed by atoms with Gasteiger partial charge in [-0.1, -0.05) is 30.3 Å². The van der Waals surface area contributed by atoms with Gasteiger partial charge >= 0.3 is 0 Å². The van der Waals surface area contributed by atoms with Gasteiger partial charge in [0, 0.05) is 0 Å². The minimum absolute atomic E-state index is 0.0171. The van der Waals surface area contributed by atoms with Crippen molar-refractivity contribution in [3.05, 3.63) is 66.7 Å². The van der Waals surface area contributed by atoms with E-state index in [-0.39, 0.29) is 12.7 Å². The molecule has 0 unspecified atom stereocenters. The van der Waals surface area contributed by atoms with Crippen molar-refractivity contribution in [3.8, 4) is 11.4 Å². The molecule has 122 valence electrons. The number of nitrogens with zero attached hydrogens (tertiary/aromatic N) is 4. The summed E-state index contributed by atoms with van der Waals surface area (Å²) >= 11 is 0. The second-order valence-electron chi connectivity index (χ2n) is 5.71. The molecule has 3 aromatic rings. The smallest absolute Gasteiger partial charge is 0.170 e. The number of aliphatic hydroxyl groups excluding tert-OH is 1. The second kappa shape index (κ2) is 6.33. The Morgan fingerprint density at radius 3 is 2.71 bits per heavy atom. The van der Waals surface area contributed by atoms with E-state index in [0.29, 0.717) is 13.1 Å². The molecule has 1 aliphatic rings. The first-order valence-corrected chi connectivity index (χ1v) is 7.91. The fourth-order valence-electron chi connectivity index (χ4n) is 2.87. The molecule has 2 aromatic carbocycles. The van der Waals surface area contributed by atoms with Crippen LogP contribution in [0.15, 0.2) is 60.9 Å². The maximum absolute atomic E-state index is 9.47. The van der Waals surface area contributed by atoms with Gasteiger partial charge in [-0.3, -0.25) is 0 Å². The van der Waals surface area contributed by atoms with Crippen molar-refractivity contribution >= 4 is 5.69 Å². The third-order valence-electron chi connectivity index (χ3n) is 4.02. The Kier molecular flexibility index (Phi) is 3.88. The molecule has 2 heterocycles. The molecule has 0 fully saturated rings. The van der Waals surface area contributed by atoms with E-state index in [4.69, 9.17) is 4.74 Å². The zero-order valence-electron chi connectivity index (χ0n) is 13.1. The number of fused-ring (bicyclic) bond motifs is 1. The van der Waals surface area contributed by atoms with Gasteiger partial charge in [0.15, 0.2) is 5.82 Å². The van der Waals surface area contributed by atoms with E-state index in [9.17, 15) is 5.11 Å².